The molecule has 0 radical (unpaired) electrons. The topological polar surface area (TPSA) is 70.6 Å². The molecule has 4 N–H and O–H groups in total. The minimum absolute atomic E-state index is 0.322. The Morgan fingerprint density at radius 3 is 2.75 bits per heavy atom. The fraction of sp³-hybridized carbons (Fsp3) is 0.917. The van der Waals surface area contributed by atoms with Crippen LogP contribution in [0, 0.1) is 5.92 Å². The Hall–Kier alpha value is -0.770. The van der Waals surface area contributed by atoms with Gasteiger partial charge in [0, 0.05) is 18.5 Å². The Morgan fingerprint density at radius 2 is 2.19 bits per heavy atom. The molecule has 0 saturated heterocycles. The smallest absolute Gasteiger partial charge is 0.140 e. The van der Waals surface area contributed by atoms with Crippen LogP contribution in [0.25, 0.3) is 0 Å². The zero-order chi connectivity index (χ0) is 12.0. The van der Waals surface area contributed by atoms with Gasteiger partial charge in [-0.3, -0.25) is 0 Å². The lowest BCUT2D eigenvalue weighted by Crippen LogP contribution is -2.44. The number of nitrogens with one attached hydrogen (secondary N) is 1. The molecule has 4 nitrogen and oxygen atoms in total. The van der Waals surface area contributed by atoms with Crippen molar-refractivity contribution in [3.8, 4) is 0 Å². The van der Waals surface area contributed by atoms with E-state index in [0.717, 1.165) is 12.3 Å². The van der Waals surface area contributed by atoms with Crippen LogP contribution in [0.3, 0.4) is 0 Å². The molecule has 0 bridgehead atoms. The normalized spacial score (nSPS) is 29.0. The highest BCUT2D eigenvalue weighted by molar-refractivity contribution is 5.80. The zero-order valence-corrected chi connectivity index (χ0v) is 10.4. The van der Waals surface area contributed by atoms with E-state index in [1.54, 1.807) is 0 Å². The van der Waals surface area contributed by atoms with Gasteiger partial charge in [0.1, 0.15) is 5.84 Å². The van der Waals surface area contributed by atoms with E-state index in [1.807, 2.05) is 0 Å². The third kappa shape index (κ3) is 4.00. The van der Waals surface area contributed by atoms with E-state index >= 15 is 0 Å². The highest BCUT2D eigenvalue weighted by Crippen LogP contribution is 2.24. The van der Waals surface area contributed by atoms with Crippen molar-refractivity contribution in [1.29, 1.82) is 0 Å². The number of rotatable bonds is 5. The maximum atomic E-state index is 8.57. The molecule has 16 heavy (non-hydrogen) atoms. The lowest BCUT2D eigenvalue weighted by Gasteiger charge is -2.33. The Balaban J connectivity index is 2.42. The van der Waals surface area contributed by atoms with Crippen molar-refractivity contribution < 1.29 is 5.21 Å². The van der Waals surface area contributed by atoms with Gasteiger partial charge in [-0.15, -0.1) is 0 Å². The first-order valence-corrected chi connectivity index (χ1v) is 6.39. The second-order valence-corrected chi connectivity index (χ2v) is 4.94. The molecule has 1 aliphatic rings. The molecule has 3 atom stereocenters. The molecule has 0 aliphatic heterocycles. The van der Waals surface area contributed by atoms with Crippen molar-refractivity contribution in [1.82, 2.24) is 5.32 Å². The predicted molar refractivity (Wildman–Crippen MR) is 66.7 cm³/mol. The van der Waals surface area contributed by atoms with Crippen LogP contribution < -0.4 is 11.1 Å². The van der Waals surface area contributed by atoms with Crippen LogP contribution in [0.1, 0.15) is 52.4 Å². The molecule has 1 aliphatic carbocycles. The largest absolute Gasteiger partial charge is 0.409 e. The van der Waals surface area contributed by atoms with Gasteiger partial charge in [-0.2, -0.15) is 0 Å². The summed E-state index contributed by atoms with van der Waals surface area (Å²) in [6.45, 7) is 4.45. The highest BCUT2D eigenvalue weighted by Gasteiger charge is 2.23. The zero-order valence-electron chi connectivity index (χ0n) is 10.4. The molecule has 0 aromatic carbocycles. The quantitative estimate of drug-likeness (QED) is 0.291. The lowest BCUT2D eigenvalue weighted by atomic mass is 9.85. The second kappa shape index (κ2) is 6.74. The number of nitrogens with two attached hydrogens (primary N) is 1. The van der Waals surface area contributed by atoms with Crippen LogP contribution in [0.15, 0.2) is 5.16 Å². The van der Waals surface area contributed by atoms with Crippen LogP contribution in [0.4, 0.5) is 0 Å². The van der Waals surface area contributed by atoms with Crippen LogP contribution >= 0.6 is 0 Å². The maximum Gasteiger partial charge on any atom is 0.140 e. The van der Waals surface area contributed by atoms with Gasteiger partial charge >= 0.3 is 0 Å². The Kier molecular flexibility index (Phi) is 5.60. The molecule has 0 aromatic rings. The average molecular weight is 227 g/mol. The van der Waals surface area contributed by atoms with Gasteiger partial charge in [-0.25, -0.2) is 0 Å². The summed E-state index contributed by atoms with van der Waals surface area (Å²) in [4.78, 5) is 0. The highest BCUT2D eigenvalue weighted by atomic mass is 16.4. The van der Waals surface area contributed by atoms with Crippen LogP contribution in [-0.4, -0.2) is 23.1 Å². The molecule has 4 heteroatoms. The fourth-order valence-electron chi connectivity index (χ4n) is 2.48. The first kappa shape index (κ1) is 13.3. The second-order valence-electron chi connectivity index (χ2n) is 4.94. The number of hydrogen-bond donors (Lipinski definition) is 3. The van der Waals surface area contributed by atoms with Crippen molar-refractivity contribution in [2.45, 2.75) is 64.5 Å². The maximum absolute atomic E-state index is 8.57. The van der Waals surface area contributed by atoms with Crippen LogP contribution in [0.2, 0.25) is 0 Å². The van der Waals surface area contributed by atoms with Crippen molar-refractivity contribution in [2.24, 2.45) is 16.8 Å². The molecule has 94 valence electrons. The summed E-state index contributed by atoms with van der Waals surface area (Å²) in [5, 5.41) is 15.3. The fourth-order valence-corrected chi connectivity index (χ4v) is 2.48. The standard InChI is InChI=1S/C12H25N3O/c1-3-10(8-12(13)15-16)14-11-7-5-4-6-9(11)2/h9-11,14,16H,3-8H2,1-2H3,(H2,13,15). The molecule has 0 spiro atoms. The van der Waals surface area contributed by atoms with E-state index in [1.165, 1.54) is 25.7 Å². The van der Waals surface area contributed by atoms with Gasteiger partial charge in [0.15, 0.2) is 0 Å². The molecule has 0 heterocycles. The SMILES string of the molecule is CCC(CC(N)=NO)NC1CCCCC1C. The molecule has 1 fully saturated rings. The number of hydrogen-bond acceptors (Lipinski definition) is 3. The summed E-state index contributed by atoms with van der Waals surface area (Å²) in [6.07, 6.45) is 6.90. The Morgan fingerprint density at radius 1 is 1.50 bits per heavy atom. The first-order valence-electron chi connectivity index (χ1n) is 6.39. The summed E-state index contributed by atoms with van der Waals surface area (Å²) in [5.41, 5.74) is 5.55. The summed E-state index contributed by atoms with van der Waals surface area (Å²) >= 11 is 0. The van der Waals surface area contributed by atoms with Gasteiger partial charge in [0.2, 0.25) is 0 Å². The molecular weight excluding hydrogens is 202 g/mol. The third-order valence-electron chi connectivity index (χ3n) is 3.64. The number of amidine groups is 1. The van der Waals surface area contributed by atoms with E-state index in [4.69, 9.17) is 10.9 Å². The van der Waals surface area contributed by atoms with E-state index in [2.05, 4.69) is 24.3 Å². The number of oxime groups is 1. The molecule has 1 saturated carbocycles. The van der Waals surface area contributed by atoms with Gasteiger partial charge in [0.25, 0.3) is 0 Å². The van der Waals surface area contributed by atoms with E-state index in [-0.39, 0.29) is 0 Å². The van der Waals surface area contributed by atoms with Crippen LogP contribution in [0.5, 0.6) is 0 Å². The summed E-state index contributed by atoms with van der Waals surface area (Å²) in [6, 6.07) is 0.937. The lowest BCUT2D eigenvalue weighted by molar-refractivity contribution is 0.255. The summed E-state index contributed by atoms with van der Waals surface area (Å²) in [7, 11) is 0. The summed E-state index contributed by atoms with van der Waals surface area (Å²) < 4.78 is 0. The molecule has 1 rings (SSSR count). The minimum Gasteiger partial charge on any atom is -0.409 e. The van der Waals surface area contributed by atoms with Gasteiger partial charge in [-0.1, -0.05) is 31.8 Å². The third-order valence-corrected chi connectivity index (χ3v) is 3.64. The van der Waals surface area contributed by atoms with Gasteiger partial charge in [0.05, 0.1) is 0 Å². The van der Waals surface area contributed by atoms with E-state index in [9.17, 15) is 0 Å². The van der Waals surface area contributed by atoms with Gasteiger partial charge < -0.3 is 16.3 Å². The van der Waals surface area contributed by atoms with Crippen molar-refractivity contribution in [3.05, 3.63) is 0 Å². The van der Waals surface area contributed by atoms with Crippen molar-refractivity contribution in [3.63, 3.8) is 0 Å². The first-order chi connectivity index (χ1) is 7.67. The monoisotopic (exact) mass is 227 g/mol. The van der Waals surface area contributed by atoms with Crippen LogP contribution in [-0.2, 0) is 0 Å². The Bertz CT molecular complexity index is 230. The number of nitrogens with zero attached hydrogens (tertiary/aromatic N) is 1. The minimum atomic E-state index is 0.322. The predicted octanol–water partition coefficient (Wildman–Crippen LogP) is 2.07. The van der Waals surface area contributed by atoms with Gasteiger partial charge in [-0.05, 0) is 25.2 Å². The Labute approximate surface area is 98.3 Å². The molecule has 3 unspecified atom stereocenters. The summed E-state index contributed by atoms with van der Waals surface area (Å²) in [5.74, 6) is 1.07. The molecule has 0 aromatic heterocycles. The molecular formula is C12H25N3O. The van der Waals surface area contributed by atoms with Crippen molar-refractivity contribution in [2.75, 3.05) is 0 Å². The average Bonchev–Trinajstić information content (AvgIpc) is 2.30. The van der Waals surface area contributed by atoms with E-state index in [0.29, 0.717) is 24.3 Å². The van der Waals surface area contributed by atoms with Crippen molar-refractivity contribution >= 4 is 5.84 Å². The molecule has 0 amide bonds. The van der Waals surface area contributed by atoms with E-state index < -0.39 is 0 Å².